The molecule has 0 unspecified atom stereocenters. The number of nitrogens with one attached hydrogen (secondary N) is 1. The molecule has 1 amide bonds. The van der Waals surface area contributed by atoms with Gasteiger partial charge in [0.15, 0.2) is 0 Å². The normalized spacial score (nSPS) is 11.1. The maximum absolute atomic E-state index is 13.1. The maximum atomic E-state index is 13.1. The van der Waals surface area contributed by atoms with Crippen LogP contribution in [0.25, 0.3) is 10.9 Å². The van der Waals surface area contributed by atoms with Crippen LogP contribution in [0.3, 0.4) is 0 Å². The van der Waals surface area contributed by atoms with Gasteiger partial charge in [0, 0.05) is 11.6 Å². The minimum Gasteiger partial charge on any atom is -0.329 e. The van der Waals surface area contributed by atoms with Crippen molar-refractivity contribution in [3.63, 3.8) is 0 Å². The Morgan fingerprint density at radius 2 is 1.88 bits per heavy atom. The van der Waals surface area contributed by atoms with Crippen molar-refractivity contribution in [1.82, 2.24) is 14.9 Å². The van der Waals surface area contributed by atoms with Gasteiger partial charge < -0.3 is 9.88 Å². The van der Waals surface area contributed by atoms with Gasteiger partial charge in [-0.3, -0.25) is 9.59 Å². The molecular formula is C21H23N3O2. The summed E-state index contributed by atoms with van der Waals surface area (Å²) in [6.07, 6.45) is 0. The van der Waals surface area contributed by atoms with Crippen molar-refractivity contribution >= 4 is 16.8 Å². The van der Waals surface area contributed by atoms with Crippen molar-refractivity contribution in [2.45, 2.75) is 40.3 Å². The van der Waals surface area contributed by atoms with Gasteiger partial charge in [-0.1, -0.05) is 29.8 Å². The highest BCUT2D eigenvalue weighted by atomic mass is 16.2. The Balaban J connectivity index is 1.96. The summed E-state index contributed by atoms with van der Waals surface area (Å²) in [5.74, 6) is 0.425. The molecule has 0 aliphatic rings. The van der Waals surface area contributed by atoms with Crippen LogP contribution >= 0.6 is 0 Å². The summed E-state index contributed by atoms with van der Waals surface area (Å²) in [7, 11) is 0. The molecule has 0 aliphatic heterocycles. The number of rotatable bonds is 4. The molecule has 0 bridgehead atoms. The molecule has 0 saturated heterocycles. The first-order chi connectivity index (χ1) is 12.4. The summed E-state index contributed by atoms with van der Waals surface area (Å²) in [6, 6.07) is 13.0. The molecule has 0 radical (unpaired) electrons. The van der Waals surface area contributed by atoms with Crippen molar-refractivity contribution in [3.8, 4) is 0 Å². The summed E-state index contributed by atoms with van der Waals surface area (Å²) in [4.78, 5) is 34.4. The molecule has 3 rings (SSSR count). The molecule has 134 valence electrons. The minimum atomic E-state index is -0.187. The molecule has 0 aliphatic carbocycles. The van der Waals surface area contributed by atoms with Crippen LogP contribution in [0.5, 0.6) is 0 Å². The standard InChI is InChI=1S/C21H23N3O2/c1-13(2)24(21(26)16-10-9-14(3)11-15(16)4)12-19-22-18-8-6-5-7-17(18)20(25)23-19/h5-11,13H,12H2,1-4H3,(H,22,23,25). The lowest BCUT2D eigenvalue weighted by Gasteiger charge is -2.27. The van der Waals surface area contributed by atoms with E-state index in [1.165, 1.54) is 0 Å². The lowest BCUT2D eigenvalue weighted by molar-refractivity contribution is 0.0684. The van der Waals surface area contributed by atoms with Gasteiger partial charge >= 0.3 is 0 Å². The van der Waals surface area contributed by atoms with Crippen LogP contribution in [-0.2, 0) is 6.54 Å². The van der Waals surface area contributed by atoms with E-state index in [2.05, 4.69) is 9.97 Å². The topological polar surface area (TPSA) is 66.1 Å². The first-order valence-corrected chi connectivity index (χ1v) is 8.73. The predicted molar refractivity (Wildman–Crippen MR) is 103 cm³/mol. The molecule has 0 saturated carbocycles. The predicted octanol–water partition coefficient (Wildman–Crippen LogP) is 3.59. The number of fused-ring (bicyclic) bond motifs is 1. The number of amides is 1. The van der Waals surface area contributed by atoms with E-state index in [9.17, 15) is 9.59 Å². The Hall–Kier alpha value is -2.95. The number of aryl methyl sites for hydroxylation is 2. The number of hydrogen-bond donors (Lipinski definition) is 1. The number of aromatic nitrogens is 2. The molecule has 5 heteroatoms. The Morgan fingerprint density at radius 3 is 2.58 bits per heavy atom. The highest BCUT2D eigenvalue weighted by Crippen LogP contribution is 2.17. The molecule has 1 aromatic heterocycles. The number of hydrogen-bond acceptors (Lipinski definition) is 3. The number of carbonyl (C=O) groups excluding carboxylic acids is 1. The monoisotopic (exact) mass is 349 g/mol. The van der Waals surface area contributed by atoms with Crippen LogP contribution in [0.4, 0.5) is 0 Å². The third kappa shape index (κ3) is 3.52. The number of benzene rings is 2. The first kappa shape index (κ1) is 17.9. The van der Waals surface area contributed by atoms with E-state index in [1.807, 2.05) is 58.0 Å². The average Bonchev–Trinajstić information content (AvgIpc) is 2.59. The van der Waals surface area contributed by atoms with Crippen molar-refractivity contribution in [3.05, 3.63) is 75.3 Å². The van der Waals surface area contributed by atoms with Crippen LogP contribution in [0, 0.1) is 13.8 Å². The van der Waals surface area contributed by atoms with Gasteiger partial charge in [-0.2, -0.15) is 0 Å². The van der Waals surface area contributed by atoms with Gasteiger partial charge in [-0.25, -0.2) is 4.98 Å². The van der Waals surface area contributed by atoms with Gasteiger partial charge in [0.1, 0.15) is 5.82 Å². The largest absolute Gasteiger partial charge is 0.329 e. The van der Waals surface area contributed by atoms with E-state index >= 15 is 0 Å². The fraction of sp³-hybridized carbons (Fsp3) is 0.286. The van der Waals surface area contributed by atoms with E-state index in [0.29, 0.717) is 22.3 Å². The lowest BCUT2D eigenvalue weighted by atomic mass is 10.0. The summed E-state index contributed by atoms with van der Waals surface area (Å²) in [5, 5.41) is 0.549. The fourth-order valence-corrected chi connectivity index (χ4v) is 3.07. The molecule has 26 heavy (non-hydrogen) atoms. The molecular weight excluding hydrogens is 326 g/mol. The number of aromatic amines is 1. The Morgan fingerprint density at radius 1 is 1.15 bits per heavy atom. The average molecular weight is 349 g/mol. The van der Waals surface area contributed by atoms with Crippen LogP contribution in [0.1, 0.15) is 41.2 Å². The van der Waals surface area contributed by atoms with Gasteiger partial charge in [0.05, 0.1) is 17.4 Å². The molecule has 3 aromatic rings. The second-order valence-electron chi connectivity index (χ2n) is 6.87. The van der Waals surface area contributed by atoms with E-state index in [1.54, 1.807) is 17.0 Å². The zero-order chi connectivity index (χ0) is 18.8. The number of H-pyrrole nitrogens is 1. The third-order valence-electron chi connectivity index (χ3n) is 4.48. The number of para-hydroxylation sites is 1. The summed E-state index contributed by atoms with van der Waals surface area (Å²) in [6.45, 7) is 8.12. The van der Waals surface area contributed by atoms with Crippen LogP contribution in [0.15, 0.2) is 47.3 Å². The molecule has 0 atom stereocenters. The highest BCUT2D eigenvalue weighted by molar-refractivity contribution is 5.95. The molecule has 0 spiro atoms. The minimum absolute atomic E-state index is 0.0278. The quantitative estimate of drug-likeness (QED) is 0.783. The first-order valence-electron chi connectivity index (χ1n) is 8.73. The van der Waals surface area contributed by atoms with Gasteiger partial charge in [0.25, 0.3) is 11.5 Å². The van der Waals surface area contributed by atoms with Crippen LogP contribution in [0.2, 0.25) is 0 Å². The Bertz CT molecular complexity index is 1020. The lowest BCUT2D eigenvalue weighted by Crippen LogP contribution is -2.37. The maximum Gasteiger partial charge on any atom is 0.258 e. The molecule has 1 N–H and O–H groups in total. The van der Waals surface area contributed by atoms with Gasteiger partial charge in [-0.05, 0) is 51.5 Å². The Labute approximate surface area is 152 Å². The zero-order valence-electron chi connectivity index (χ0n) is 15.5. The molecule has 1 heterocycles. The summed E-state index contributed by atoms with van der Waals surface area (Å²) >= 11 is 0. The van der Waals surface area contributed by atoms with Crippen molar-refractivity contribution in [2.75, 3.05) is 0 Å². The van der Waals surface area contributed by atoms with Crippen LogP contribution in [-0.4, -0.2) is 26.8 Å². The third-order valence-corrected chi connectivity index (χ3v) is 4.48. The van der Waals surface area contributed by atoms with E-state index in [0.717, 1.165) is 11.1 Å². The van der Waals surface area contributed by atoms with E-state index in [4.69, 9.17) is 0 Å². The smallest absolute Gasteiger partial charge is 0.258 e. The summed E-state index contributed by atoms with van der Waals surface area (Å²) in [5.41, 5.74) is 3.19. The summed E-state index contributed by atoms with van der Waals surface area (Å²) < 4.78 is 0. The number of nitrogens with zero attached hydrogens (tertiary/aromatic N) is 2. The molecule has 2 aromatic carbocycles. The van der Waals surface area contributed by atoms with Gasteiger partial charge in [0.2, 0.25) is 0 Å². The Kier molecular flexibility index (Phi) is 4.89. The van der Waals surface area contributed by atoms with Gasteiger partial charge in [-0.15, -0.1) is 0 Å². The second-order valence-corrected chi connectivity index (χ2v) is 6.87. The van der Waals surface area contributed by atoms with Crippen molar-refractivity contribution in [2.24, 2.45) is 0 Å². The zero-order valence-corrected chi connectivity index (χ0v) is 15.5. The molecule has 5 nitrogen and oxygen atoms in total. The SMILES string of the molecule is Cc1ccc(C(=O)N(Cc2nc3ccccc3c(=O)[nH]2)C(C)C)c(C)c1. The van der Waals surface area contributed by atoms with Crippen LogP contribution < -0.4 is 5.56 Å². The van der Waals surface area contributed by atoms with Crippen molar-refractivity contribution < 1.29 is 4.79 Å². The van der Waals surface area contributed by atoms with E-state index < -0.39 is 0 Å². The van der Waals surface area contributed by atoms with Crippen molar-refractivity contribution in [1.29, 1.82) is 0 Å². The number of carbonyl (C=O) groups is 1. The molecule has 0 fully saturated rings. The highest BCUT2D eigenvalue weighted by Gasteiger charge is 2.21. The fourth-order valence-electron chi connectivity index (χ4n) is 3.07. The van der Waals surface area contributed by atoms with E-state index in [-0.39, 0.29) is 24.1 Å². The second kappa shape index (κ2) is 7.12.